The second-order valence-corrected chi connectivity index (χ2v) is 9.59. The summed E-state index contributed by atoms with van der Waals surface area (Å²) in [5.74, 6) is 2.93. The van der Waals surface area contributed by atoms with Gasteiger partial charge in [0.05, 0.1) is 12.2 Å². The maximum atomic E-state index is 10.7. The van der Waals surface area contributed by atoms with E-state index >= 15 is 0 Å². The maximum Gasteiger partial charge on any atom is 0.0571 e. The molecular formula is C24H46O2. The molecule has 0 aliphatic heterocycles. The summed E-state index contributed by atoms with van der Waals surface area (Å²) in [5.41, 5.74) is 0. The van der Waals surface area contributed by atoms with Crippen LogP contribution < -0.4 is 0 Å². The van der Waals surface area contributed by atoms with Gasteiger partial charge in [-0.3, -0.25) is 0 Å². The summed E-state index contributed by atoms with van der Waals surface area (Å²) in [6.07, 6.45) is 19.5. The lowest BCUT2D eigenvalue weighted by Crippen LogP contribution is -2.27. The number of unbranched alkanes of at least 4 members (excludes halogenated alkanes) is 1. The molecule has 2 rings (SSSR count). The van der Waals surface area contributed by atoms with Crippen molar-refractivity contribution in [2.75, 3.05) is 0 Å². The zero-order valence-electron chi connectivity index (χ0n) is 17.7. The van der Waals surface area contributed by atoms with Crippen molar-refractivity contribution in [3.63, 3.8) is 0 Å². The summed E-state index contributed by atoms with van der Waals surface area (Å²) in [4.78, 5) is 0. The molecular weight excluding hydrogens is 320 g/mol. The Labute approximate surface area is 163 Å². The van der Waals surface area contributed by atoms with Gasteiger partial charge in [-0.25, -0.2) is 0 Å². The highest BCUT2D eigenvalue weighted by Crippen LogP contribution is 2.35. The molecule has 26 heavy (non-hydrogen) atoms. The van der Waals surface area contributed by atoms with E-state index in [2.05, 4.69) is 13.8 Å². The van der Waals surface area contributed by atoms with Crippen molar-refractivity contribution in [3.05, 3.63) is 0 Å². The van der Waals surface area contributed by atoms with Crippen LogP contribution in [0.15, 0.2) is 0 Å². The van der Waals surface area contributed by atoms with E-state index in [1.165, 1.54) is 77.0 Å². The van der Waals surface area contributed by atoms with Crippen LogP contribution in [0.3, 0.4) is 0 Å². The zero-order valence-corrected chi connectivity index (χ0v) is 17.7. The van der Waals surface area contributed by atoms with Gasteiger partial charge >= 0.3 is 0 Å². The zero-order chi connectivity index (χ0) is 18.8. The average molecular weight is 367 g/mol. The van der Waals surface area contributed by atoms with Crippen molar-refractivity contribution in [2.24, 2.45) is 23.7 Å². The van der Waals surface area contributed by atoms with Gasteiger partial charge in [-0.1, -0.05) is 84.5 Å². The summed E-state index contributed by atoms with van der Waals surface area (Å²) < 4.78 is 0. The first-order chi connectivity index (χ1) is 12.6. The van der Waals surface area contributed by atoms with E-state index in [-0.39, 0.29) is 12.2 Å². The van der Waals surface area contributed by atoms with Gasteiger partial charge in [0.1, 0.15) is 0 Å². The van der Waals surface area contributed by atoms with E-state index in [1.807, 2.05) is 0 Å². The second kappa shape index (κ2) is 12.4. The molecule has 3 atom stereocenters. The fourth-order valence-electron chi connectivity index (χ4n) is 5.57. The molecule has 0 bridgehead atoms. The van der Waals surface area contributed by atoms with Crippen LogP contribution >= 0.6 is 0 Å². The van der Waals surface area contributed by atoms with Crippen molar-refractivity contribution in [3.8, 4) is 0 Å². The normalized spacial score (nSPS) is 28.2. The minimum Gasteiger partial charge on any atom is -0.393 e. The Kier molecular flexibility index (Phi) is 10.6. The van der Waals surface area contributed by atoms with E-state index in [0.29, 0.717) is 11.8 Å². The highest BCUT2D eigenvalue weighted by Gasteiger charge is 2.27. The molecule has 0 aromatic heterocycles. The number of aliphatic hydroxyl groups excluding tert-OH is 2. The van der Waals surface area contributed by atoms with E-state index in [1.54, 1.807) is 0 Å². The van der Waals surface area contributed by atoms with Gasteiger partial charge in [0.2, 0.25) is 0 Å². The van der Waals surface area contributed by atoms with Gasteiger partial charge in [0, 0.05) is 0 Å². The molecule has 154 valence electrons. The SMILES string of the molecule is CCC1CCC(C(O)C[C@@H](CC)CCCCC(O)CC2CCCC2)CC1. The van der Waals surface area contributed by atoms with Crippen molar-refractivity contribution >= 4 is 0 Å². The predicted molar refractivity (Wildman–Crippen MR) is 111 cm³/mol. The Hall–Kier alpha value is -0.0800. The van der Waals surface area contributed by atoms with E-state index < -0.39 is 0 Å². The molecule has 2 fully saturated rings. The first-order valence-corrected chi connectivity index (χ1v) is 12.0. The third-order valence-corrected chi connectivity index (χ3v) is 7.64. The van der Waals surface area contributed by atoms with Crippen LogP contribution in [-0.4, -0.2) is 22.4 Å². The Bertz CT molecular complexity index is 342. The summed E-state index contributed by atoms with van der Waals surface area (Å²) in [5, 5.41) is 20.9. The van der Waals surface area contributed by atoms with Crippen molar-refractivity contribution in [1.82, 2.24) is 0 Å². The summed E-state index contributed by atoms with van der Waals surface area (Å²) >= 11 is 0. The number of hydrogen-bond donors (Lipinski definition) is 2. The third kappa shape index (κ3) is 7.89. The largest absolute Gasteiger partial charge is 0.393 e. The first kappa shape index (κ1) is 22.2. The highest BCUT2D eigenvalue weighted by molar-refractivity contribution is 4.79. The van der Waals surface area contributed by atoms with Crippen LogP contribution in [-0.2, 0) is 0 Å². The Balaban J connectivity index is 1.56. The van der Waals surface area contributed by atoms with Gasteiger partial charge < -0.3 is 10.2 Å². The van der Waals surface area contributed by atoms with Gasteiger partial charge in [-0.2, -0.15) is 0 Å². The van der Waals surface area contributed by atoms with Crippen LogP contribution in [0, 0.1) is 23.7 Å². The molecule has 0 heterocycles. The molecule has 2 heteroatoms. The van der Waals surface area contributed by atoms with Crippen molar-refractivity contribution < 1.29 is 10.2 Å². The van der Waals surface area contributed by atoms with Crippen LogP contribution in [0.4, 0.5) is 0 Å². The van der Waals surface area contributed by atoms with Crippen LogP contribution in [0.1, 0.15) is 117 Å². The molecule has 2 aliphatic rings. The Morgan fingerprint density at radius 3 is 2.08 bits per heavy atom. The van der Waals surface area contributed by atoms with Crippen molar-refractivity contribution in [2.45, 2.75) is 129 Å². The van der Waals surface area contributed by atoms with Crippen LogP contribution in [0.2, 0.25) is 0 Å². The second-order valence-electron chi connectivity index (χ2n) is 9.59. The molecule has 0 aromatic carbocycles. The number of rotatable bonds is 12. The molecule has 2 saturated carbocycles. The predicted octanol–water partition coefficient (Wildman–Crippen LogP) is 6.48. The van der Waals surface area contributed by atoms with Crippen LogP contribution in [0.25, 0.3) is 0 Å². The van der Waals surface area contributed by atoms with E-state index in [0.717, 1.165) is 37.5 Å². The smallest absolute Gasteiger partial charge is 0.0571 e. The molecule has 2 N–H and O–H groups in total. The average Bonchev–Trinajstić information content (AvgIpc) is 3.17. The van der Waals surface area contributed by atoms with Crippen LogP contribution in [0.5, 0.6) is 0 Å². The highest BCUT2D eigenvalue weighted by atomic mass is 16.3. The number of aliphatic hydroxyl groups is 2. The van der Waals surface area contributed by atoms with Gasteiger partial charge in [0.25, 0.3) is 0 Å². The fourth-order valence-corrected chi connectivity index (χ4v) is 5.57. The minimum atomic E-state index is -0.0780. The molecule has 0 aromatic rings. The van der Waals surface area contributed by atoms with Crippen molar-refractivity contribution in [1.29, 1.82) is 0 Å². The van der Waals surface area contributed by atoms with E-state index in [9.17, 15) is 10.2 Å². The minimum absolute atomic E-state index is 0.0717. The third-order valence-electron chi connectivity index (χ3n) is 7.64. The molecule has 0 spiro atoms. The molecule has 2 unspecified atom stereocenters. The lowest BCUT2D eigenvalue weighted by molar-refractivity contribution is 0.0504. The Morgan fingerprint density at radius 2 is 1.46 bits per heavy atom. The monoisotopic (exact) mass is 366 g/mol. The topological polar surface area (TPSA) is 40.5 Å². The molecule has 2 nitrogen and oxygen atoms in total. The molecule has 0 amide bonds. The quantitative estimate of drug-likeness (QED) is 0.388. The van der Waals surface area contributed by atoms with Gasteiger partial charge in [-0.15, -0.1) is 0 Å². The Morgan fingerprint density at radius 1 is 0.808 bits per heavy atom. The lowest BCUT2D eigenvalue weighted by atomic mass is 9.76. The summed E-state index contributed by atoms with van der Waals surface area (Å²) in [6, 6.07) is 0. The lowest BCUT2D eigenvalue weighted by Gasteiger charge is -2.32. The van der Waals surface area contributed by atoms with E-state index in [4.69, 9.17) is 0 Å². The fraction of sp³-hybridized carbons (Fsp3) is 1.00. The summed E-state index contributed by atoms with van der Waals surface area (Å²) in [7, 11) is 0. The maximum absolute atomic E-state index is 10.7. The van der Waals surface area contributed by atoms with Gasteiger partial charge in [0.15, 0.2) is 0 Å². The first-order valence-electron chi connectivity index (χ1n) is 12.0. The number of hydrogen-bond acceptors (Lipinski definition) is 2. The molecule has 0 saturated heterocycles. The standard InChI is InChI=1S/C24H46O2/c1-3-19-13-15-22(16-14-19)24(26)18-20(4-2)9-7-8-12-23(25)17-21-10-5-6-11-21/h19-26H,3-18H2,1-2H3/t19?,20-,22?,23?,24?/m0/s1. The molecule has 0 radical (unpaired) electrons. The molecule has 2 aliphatic carbocycles. The summed E-state index contributed by atoms with van der Waals surface area (Å²) in [6.45, 7) is 4.58. The van der Waals surface area contributed by atoms with Gasteiger partial charge in [-0.05, 0) is 55.8 Å².